The third kappa shape index (κ3) is 1.59. The molecule has 1 aliphatic carbocycles. The van der Waals surface area contributed by atoms with Gasteiger partial charge in [0.15, 0.2) is 0 Å². The van der Waals surface area contributed by atoms with Crippen molar-refractivity contribution >= 4 is 22.3 Å². The maximum absolute atomic E-state index is 12.4. The van der Waals surface area contributed by atoms with Crippen molar-refractivity contribution in [1.29, 1.82) is 0 Å². The number of hydrogen-bond acceptors (Lipinski definition) is 2. The van der Waals surface area contributed by atoms with E-state index in [4.69, 9.17) is 0 Å². The molecule has 0 heterocycles. The lowest BCUT2D eigenvalue weighted by Crippen LogP contribution is -2.22. The van der Waals surface area contributed by atoms with Crippen LogP contribution in [0.2, 0.25) is 0 Å². The number of carbonyl (C=O) groups excluding carboxylic acids is 2. The van der Waals surface area contributed by atoms with Crippen LogP contribution in [-0.4, -0.2) is 11.6 Å². The molecule has 0 saturated heterocycles. The van der Waals surface area contributed by atoms with Crippen molar-refractivity contribution in [3.63, 3.8) is 0 Å². The minimum atomic E-state index is -0.405. The van der Waals surface area contributed by atoms with Crippen LogP contribution in [0.1, 0.15) is 26.3 Å². The Hall–Kier alpha value is -2.74. The number of benzene rings is 3. The molecule has 0 saturated carbocycles. The molecule has 3 aromatic carbocycles. The van der Waals surface area contributed by atoms with Gasteiger partial charge in [0.05, 0.1) is 0 Å². The van der Waals surface area contributed by atoms with Gasteiger partial charge in [-0.3, -0.25) is 9.59 Å². The van der Waals surface area contributed by atoms with Gasteiger partial charge >= 0.3 is 0 Å². The van der Waals surface area contributed by atoms with Crippen molar-refractivity contribution in [2.45, 2.75) is 6.92 Å². The highest BCUT2D eigenvalue weighted by Crippen LogP contribution is 2.37. The second-order valence-electron chi connectivity index (χ2n) is 5.40. The zero-order valence-corrected chi connectivity index (χ0v) is 11.5. The molecule has 21 heavy (non-hydrogen) atoms. The second kappa shape index (κ2) is 4.13. The molecule has 0 amide bonds. The predicted molar refractivity (Wildman–Crippen MR) is 82.8 cm³/mol. The van der Waals surface area contributed by atoms with E-state index in [1.165, 1.54) is 0 Å². The van der Waals surface area contributed by atoms with Gasteiger partial charge in [0, 0.05) is 11.1 Å². The van der Waals surface area contributed by atoms with E-state index < -0.39 is 11.6 Å². The van der Waals surface area contributed by atoms with Gasteiger partial charge < -0.3 is 0 Å². The summed E-state index contributed by atoms with van der Waals surface area (Å²) >= 11 is 0. The number of ketones is 2. The van der Waals surface area contributed by atoms with E-state index in [1.807, 2.05) is 61.5 Å². The lowest BCUT2D eigenvalue weighted by Gasteiger charge is -2.20. The molecule has 0 atom stereocenters. The van der Waals surface area contributed by atoms with Gasteiger partial charge in [-0.05, 0) is 46.5 Å². The van der Waals surface area contributed by atoms with E-state index in [9.17, 15) is 9.59 Å². The quantitative estimate of drug-likeness (QED) is 0.575. The summed E-state index contributed by atoms with van der Waals surface area (Å²) in [7, 11) is 0. The smallest absolute Gasteiger partial charge is 0.234 e. The van der Waals surface area contributed by atoms with Crippen LogP contribution < -0.4 is 0 Å². The van der Waals surface area contributed by atoms with Crippen LogP contribution in [-0.2, 0) is 0 Å². The van der Waals surface area contributed by atoms with Crippen molar-refractivity contribution < 1.29 is 9.59 Å². The predicted octanol–water partition coefficient (Wildman–Crippen LogP) is 4.19. The van der Waals surface area contributed by atoms with Crippen LogP contribution in [0.25, 0.3) is 21.9 Å². The lowest BCUT2D eigenvalue weighted by molar-refractivity contribution is 0.0815. The van der Waals surface area contributed by atoms with Crippen molar-refractivity contribution in [2.75, 3.05) is 0 Å². The van der Waals surface area contributed by atoms with Crippen molar-refractivity contribution in [2.24, 2.45) is 0 Å². The van der Waals surface area contributed by atoms with Gasteiger partial charge in [0.2, 0.25) is 11.6 Å². The van der Waals surface area contributed by atoms with Crippen LogP contribution in [0, 0.1) is 6.92 Å². The molecular weight excluding hydrogens is 260 g/mol. The fraction of sp³-hybridized carbons (Fsp3) is 0.0526. The summed E-state index contributed by atoms with van der Waals surface area (Å²) in [5, 5.41) is 2.05. The third-order valence-electron chi connectivity index (χ3n) is 4.13. The zero-order chi connectivity index (χ0) is 14.6. The highest BCUT2D eigenvalue weighted by atomic mass is 16.2. The summed E-state index contributed by atoms with van der Waals surface area (Å²) < 4.78 is 0. The normalized spacial score (nSPS) is 13.2. The van der Waals surface area contributed by atoms with Crippen molar-refractivity contribution in [3.05, 3.63) is 71.3 Å². The molecule has 0 aromatic heterocycles. The van der Waals surface area contributed by atoms with Crippen LogP contribution >= 0.6 is 0 Å². The minimum absolute atomic E-state index is 0.397. The van der Waals surface area contributed by atoms with Crippen molar-refractivity contribution in [3.8, 4) is 11.1 Å². The van der Waals surface area contributed by atoms with Crippen LogP contribution in [0.3, 0.4) is 0 Å². The van der Waals surface area contributed by atoms with E-state index in [2.05, 4.69) is 0 Å². The van der Waals surface area contributed by atoms with Gasteiger partial charge in [-0.25, -0.2) is 0 Å². The first-order valence-electron chi connectivity index (χ1n) is 6.88. The number of hydrogen-bond donors (Lipinski definition) is 0. The summed E-state index contributed by atoms with van der Waals surface area (Å²) in [5.41, 5.74) is 3.63. The Morgan fingerprint density at radius 2 is 1.33 bits per heavy atom. The van der Waals surface area contributed by atoms with Gasteiger partial charge in [-0.2, -0.15) is 0 Å². The Bertz CT molecular complexity index is 935. The molecule has 4 rings (SSSR count). The maximum Gasteiger partial charge on any atom is 0.234 e. The summed E-state index contributed by atoms with van der Waals surface area (Å²) in [5.74, 6) is -0.802. The third-order valence-corrected chi connectivity index (χ3v) is 4.13. The fourth-order valence-electron chi connectivity index (χ4n) is 3.08. The monoisotopic (exact) mass is 272 g/mol. The molecule has 1 aliphatic rings. The molecule has 0 fully saturated rings. The van der Waals surface area contributed by atoms with Gasteiger partial charge in [0.25, 0.3) is 0 Å². The topological polar surface area (TPSA) is 34.1 Å². The van der Waals surface area contributed by atoms with E-state index >= 15 is 0 Å². The van der Waals surface area contributed by atoms with Gasteiger partial charge in [-0.1, -0.05) is 42.5 Å². The molecule has 2 heteroatoms. The molecule has 2 nitrogen and oxygen atoms in total. The Labute approximate surface area is 122 Å². The molecule has 0 bridgehead atoms. The van der Waals surface area contributed by atoms with Gasteiger partial charge in [0.1, 0.15) is 0 Å². The maximum atomic E-state index is 12.4. The molecule has 0 N–H and O–H groups in total. The standard InChI is InChI=1S/C19H12O2/c1-11-5-4-8-14-15-9-12-6-2-3-7-13(12)10-16(15)18(20)19(21)17(11)14/h2-10H,1H3. The van der Waals surface area contributed by atoms with Crippen LogP contribution in [0.5, 0.6) is 0 Å². The largest absolute Gasteiger partial charge is 0.285 e. The molecular formula is C19H12O2. The Kier molecular flexibility index (Phi) is 2.36. The lowest BCUT2D eigenvalue weighted by atomic mass is 9.81. The first kappa shape index (κ1) is 12.0. The molecule has 100 valence electrons. The average molecular weight is 272 g/mol. The van der Waals surface area contributed by atoms with Crippen LogP contribution in [0.4, 0.5) is 0 Å². The Morgan fingerprint density at radius 3 is 2.05 bits per heavy atom. The van der Waals surface area contributed by atoms with Crippen LogP contribution in [0.15, 0.2) is 54.6 Å². The summed E-state index contributed by atoms with van der Waals surface area (Å²) in [6.45, 7) is 1.87. The highest BCUT2D eigenvalue weighted by Gasteiger charge is 2.31. The van der Waals surface area contributed by atoms with E-state index in [0.29, 0.717) is 11.1 Å². The van der Waals surface area contributed by atoms with E-state index in [1.54, 1.807) is 0 Å². The first-order valence-corrected chi connectivity index (χ1v) is 6.88. The number of Topliss-reactive ketones (excluding diaryl/α,β-unsaturated/α-hetero) is 2. The molecule has 0 aliphatic heterocycles. The number of rotatable bonds is 0. The zero-order valence-electron chi connectivity index (χ0n) is 11.5. The average Bonchev–Trinajstić information content (AvgIpc) is 2.51. The first-order chi connectivity index (χ1) is 10.2. The second-order valence-corrected chi connectivity index (χ2v) is 5.40. The SMILES string of the molecule is Cc1cccc2c1C(=O)C(=O)c1cc3ccccc3cc1-2. The Balaban J connectivity index is 2.16. The fourth-order valence-corrected chi connectivity index (χ4v) is 3.08. The number of fused-ring (bicyclic) bond motifs is 4. The molecule has 3 aromatic rings. The molecule has 0 spiro atoms. The number of aryl methyl sites for hydroxylation is 1. The summed E-state index contributed by atoms with van der Waals surface area (Å²) in [4.78, 5) is 24.8. The summed E-state index contributed by atoms with van der Waals surface area (Å²) in [6.07, 6.45) is 0. The molecule has 0 radical (unpaired) electrons. The van der Waals surface area contributed by atoms with Gasteiger partial charge in [-0.15, -0.1) is 0 Å². The molecule has 0 unspecified atom stereocenters. The summed E-state index contributed by atoms with van der Waals surface area (Å²) in [6, 6.07) is 17.4. The highest BCUT2D eigenvalue weighted by molar-refractivity contribution is 6.53. The van der Waals surface area contributed by atoms with E-state index in [0.717, 1.165) is 27.5 Å². The van der Waals surface area contributed by atoms with Crippen molar-refractivity contribution in [1.82, 2.24) is 0 Å². The minimum Gasteiger partial charge on any atom is -0.285 e. The van der Waals surface area contributed by atoms with E-state index in [-0.39, 0.29) is 0 Å². The Morgan fingerprint density at radius 1 is 0.667 bits per heavy atom. The number of carbonyl (C=O) groups is 2.